The van der Waals surface area contributed by atoms with Crippen molar-refractivity contribution in [3.05, 3.63) is 119 Å². The summed E-state index contributed by atoms with van der Waals surface area (Å²) in [5, 5.41) is 6.35. The lowest BCUT2D eigenvalue weighted by Crippen LogP contribution is -2.31. The van der Waals surface area contributed by atoms with Gasteiger partial charge in [-0.15, -0.1) is 0 Å². The standard InChI is InChI=1S/C32H28N2O4/c35-29(33-31-21-11-1-5-15-25(21)37-26-16-6-2-12-22(26)31)19-9-10-20-30(36)34-32-23-13-3-7-17-27(23)38-28-18-8-4-14-24(28)32/h1-8,11-18,31-32H,9-10,19-20H2,(H,33,35)(H,34,36). The van der Waals surface area contributed by atoms with Crippen LogP contribution in [0, 0.1) is 0 Å². The number of amides is 2. The van der Waals surface area contributed by atoms with Gasteiger partial charge < -0.3 is 20.1 Å². The summed E-state index contributed by atoms with van der Waals surface area (Å²) in [4.78, 5) is 25.8. The van der Waals surface area contributed by atoms with Gasteiger partial charge in [-0.1, -0.05) is 72.8 Å². The number of benzene rings is 4. The SMILES string of the molecule is O=C(CCCCC(=O)NC1c2ccccc2Oc2ccccc21)NC1c2ccccc2Oc2ccccc21. The molecular weight excluding hydrogens is 476 g/mol. The summed E-state index contributed by atoms with van der Waals surface area (Å²) in [6.07, 6.45) is 1.93. The highest BCUT2D eigenvalue weighted by molar-refractivity contribution is 5.79. The van der Waals surface area contributed by atoms with Crippen molar-refractivity contribution < 1.29 is 19.1 Å². The Morgan fingerprint density at radius 2 is 0.789 bits per heavy atom. The van der Waals surface area contributed by atoms with Crippen LogP contribution in [-0.2, 0) is 9.59 Å². The molecule has 0 unspecified atom stereocenters. The number of carbonyl (C=O) groups is 2. The van der Waals surface area contributed by atoms with Crippen LogP contribution in [0.1, 0.15) is 60.0 Å². The highest BCUT2D eigenvalue weighted by Crippen LogP contribution is 2.43. The minimum Gasteiger partial charge on any atom is -0.457 e. The van der Waals surface area contributed by atoms with Crippen LogP contribution < -0.4 is 20.1 Å². The van der Waals surface area contributed by atoms with Gasteiger partial charge in [0.25, 0.3) is 0 Å². The monoisotopic (exact) mass is 504 g/mol. The van der Waals surface area contributed by atoms with E-state index in [0.717, 1.165) is 45.3 Å². The Labute approximate surface area is 221 Å². The van der Waals surface area contributed by atoms with Crippen molar-refractivity contribution in [2.45, 2.75) is 37.8 Å². The molecular formula is C32H28N2O4. The highest BCUT2D eigenvalue weighted by atomic mass is 16.5. The van der Waals surface area contributed by atoms with Crippen LogP contribution >= 0.6 is 0 Å². The molecule has 0 saturated heterocycles. The maximum Gasteiger partial charge on any atom is 0.220 e. The van der Waals surface area contributed by atoms with Gasteiger partial charge >= 0.3 is 0 Å². The summed E-state index contributed by atoms with van der Waals surface area (Å²) in [5.41, 5.74) is 3.76. The van der Waals surface area contributed by atoms with Crippen molar-refractivity contribution >= 4 is 11.8 Å². The molecule has 4 aromatic carbocycles. The number of carbonyl (C=O) groups excluding carboxylic acids is 2. The molecule has 0 fully saturated rings. The van der Waals surface area contributed by atoms with E-state index in [1.807, 2.05) is 97.1 Å². The van der Waals surface area contributed by atoms with E-state index in [-0.39, 0.29) is 23.9 Å². The number of rotatable bonds is 7. The van der Waals surface area contributed by atoms with Crippen molar-refractivity contribution in [3.8, 4) is 23.0 Å². The first-order valence-electron chi connectivity index (χ1n) is 13.0. The Balaban J connectivity index is 1.05. The summed E-state index contributed by atoms with van der Waals surface area (Å²) in [7, 11) is 0. The zero-order valence-electron chi connectivity index (χ0n) is 20.9. The van der Waals surface area contributed by atoms with Crippen molar-refractivity contribution in [1.29, 1.82) is 0 Å². The third-order valence-corrected chi connectivity index (χ3v) is 7.03. The van der Waals surface area contributed by atoms with Crippen molar-refractivity contribution in [2.24, 2.45) is 0 Å². The first-order chi connectivity index (χ1) is 18.7. The second kappa shape index (κ2) is 10.4. The number of unbranched alkanes of at least 4 members (excludes halogenated alkanes) is 1. The van der Waals surface area contributed by atoms with E-state index < -0.39 is 0 Å². The predicted octanol–water partition coefficient (Wildman–Crippen LogP) is 6.57. The molecule has 38 heavy (non-hydrogen) atoms. The van der Waals surface area contributed by atoms with E-state index in [4.69, 9.17) is 9.47 Å². The predicted molar refractivity (Wildman–Crippen MR) is 144 cm³/mol. The molecule has 0 atom stereocenters. The number of para-hydroxylation sites is 4. The summed E-state index contributed by atoms with van der Waals surface area (Å²) < 4.78 is 12.0. The molecule has 2 heterocycles. The fourth-order valence-electron chi connectivity index (χ4n) is 5.17. The largest absolute Gasteiger partial charge is 0.457 e. The first-order valence-corrected chi connectivity index (χ1v) is 13.0. The van der Waals surface area contributed by atoms with Gasteiger partial charge in [0.05, 0.1) is 12.1 Å². The molecule has 6 nitrogen and oxygen atoms in total. The lowest BCUT2D eigenvalue weighted by molar-refractivity contribution is -0.123. The fourth-order valence-corrected chi connectivity index (χ4v) is 5.17. The molecule has 6 heteroatoms. The molecule has 0 spiro atoms. The molecule has 190 valence electrons. The maximum absolute atomic E-state index is 12.9. The smallest absolute Gasteiger partial charge is 0.220 e. The average Bonchev–Trinajstić information content (AvgIpc) is 2.95. The Kier molecular flexibility index (Phi) is 6.53. The lowest BCUT2D eigenvalue weighted by Gasteiger charge is -2.29. The van der Waals surface area contributed by atoms with Crippen LogP contribution in [-0.4, -0.2) is 11.8 Å². The summed E-state index contributed by atoms with van der Waals surface area (Å²) in [5.74, 6) is 2.92. The molecule has 0 saturated carbocycles. The van der Waals surface area contributed by atoms with Gasteiger partial charge in [-0.25, -0.2) is 0 Å². The Hall–Kier alpha value is -4.58. The van der Waals surface area contributed by atoms with Gasteiger partial charge in [0.15, 0.2) is 0 Å². The topological polar surface area (TPSA) is 76.7 Å². The summed E-state index contributed by atoms with van der Waals surface area (Å²) >= 11 is 0. The number of fused-ring (bicyclic) bond motifs is 4. The number of ether oxygens (including phenoxy) is 2. The van der Waals surface area contributed by atoms with Crippen LogP contribution in [0.2, 0.25) is 0 Å². The molecule has 0 radical (unpaired) electrons. The van der Waals surface area contributed by atoms with Gasteiger partial charge in [0, 0.05) is 35.1 Å². The van der Waals surface area contributed by atoms with Crippen LogP contribution in [0.15, 0.2) is 97.1 Å². The number of hydrogen-bond acceptors (Lipinski definition) is 4. The molecule has 6 rings (SSSR count). The third kappa shape index (κ3) is 4.73. The van der Waals surface area contributed by atoms with Gasteiger partial charge in [0.1, 0.15) is 23.0 Å². The zero-order valence-corrected chi connectivity index (χ0v) is 20.9. The van der Waals surface area contributed by atoms with Crippen molar-refractivity contribution in [2.75, 3.05) is 0 Å². The van der Waals surface area contributed by atoms with E-state index >= 15 is 0 Å². The Bertz CT molecular complexity index is 1290. The quantitative estimate of drug-likeness (QED) is 0.279. The molecule has 0 aliphatic carbocycles. The lowest BCUT2D eigenvalue weighted by atomic mass is 9.94. The minimum absolute atomic E-state index is 0.0470. The van der Waals surface area contributed by atoms with Crippen LogP contribution in [0.4, 0.5) is 0 Å². The Morgan fingerprint density at radius 3 is 1.11 bits per heavy atom. The van der Waals surface area contributed by atoms with E-state index in [2.05, 4.69) is 10.6 Å². The Morgan fingerprint density at radius 1 is 0.500 bits per heavy atom. The maximum atomic E-state index is 12.9. The van der Waals surface area contributed by atoms with Gasteiger partial charge in [0.2, 0.25) is 11.8 Å². The van der Waals surface area contributed by atoms with E-state index in [1.54, 1.807) is 0 Å². The fraction of sp³-hybridized carbons (Fsp3) is 0.188. The molecule has 4 aromatic rings. The minimum atomic E-state index is -0.263. The van der Waals surface area contributed by atoms with E-state index in [0.29, 0.717) is 25.7 Å². The van der Waals surface area contributed by atoms with Gasteiger partial charge in [-0.3, -0.25) is 9.59 Å². The van der Waals surface area contributed by atoms with Gasteiger partial charge in [-0.05, 0) is 37.1 Å². The molecule has 2 aliphatic heterocycles. The van der Waals surface area contributed by atoms with E-state index in [1.165, 1.54) is 0 Å². The van der Waals surface area contributed by atoms with Crippen LogP contribution in [0.25, 0.3) is 0 Å². The highest BCUT2D eigenvalue weighted by Gasteiger charge is 2.29. The summed E-state index contributed by atoms with van der Waals surface area (Å²) in [6, 6.07) is 30.5. The number of nitrogens with one attached hydrogen (secondary N) is 2. The van der Waals surface area contributed by atoms with E-state index in [9.17, 15) is 9.59 Å². The van der Waals surface area contributed by atoms with Crippen LogP contribution in [0.3, 0.4) is 0 Å². The second-order valence-electron chi connectivity index (χ2n) is 9.56. The van der Waals surface area contributed by atoms with Crippen molar-refractivity contribution in [3.63, 3.8) is 0 Å². The molecule has 2 N–H and O–H groups in total. The normalized spacial score (nSPS) is 13.6. The summed E-state index contributed by atoms with van der Waals surface area (Å²) in [6.45, 7) is 0. The third-order valence-electron chi connectivity index (χ3n) is 7.03. The first kappa shape index (κ1) is 23.8. The molecule has 2 aliphatic rings. The average molecular weight is 505 g/mol. The van der Waals surface area contributed by atoms with Crippen LogP contribution in [0.5, 0.6) is 23.0 Å². The van der Waals surface area contributed by atoms with Gasteiger partial charge in [-0.2, -0.15) is 0 Å². The zero-order chi connectivity index (χ0) is 25.9. The number of hydrogen-bond donors (Lipinski definition) is 2. The second-order valence-corrected chi connectivity index (χ2v) is 9.56. The van der Waals surface area contributed by atoms with Crippen molar-refractivity contribution in [1.82, 2.24) is 10.6 Å². The molecule has 2 amide bonds. The molecule has 0 bridgehead atoms. The molecule has 0 aromatic heterocycles.